The zero-order chi connectivity index (χ0) is 23.1. The molecule has 1 rings (SSSR count). The summed E-state index contributed by atoms with van der Waals surface area (Å²) in [6, 6.07) is 1.02. The first-order valence-electron chi connectivity index (χ1n) is 10.8. The molecule has 0 radical (unpaired) electrons. The number of carbonyl (C=O) groups is 2. The molecule has 0 saturated heterocycles. The molecule has 0 aromatic carbocycles. The van der Waals surface area contributed by atoms with E-state index in [0.29, 0.717) is 24.3 Å². The van der Waals surface area contributed by atoms with Crippen molar-refractivity contribution in [3.8, 4) is 11.8 Å². The summed E-state index contributed by atoms with van der Waals surface area (Å²) in [5.41, 5.74) is 5.42. The number of aromatic hydroxyl groups is 2. The Bertz CT molecular complexity index is 715. The van der Waals surface area contributed by atoms with Gasteiger partial charge in [0, 0.05) is 30.8 Å². The molecule has 0 aliphatic heterocycles. The van der Waals surface area contributed by atoms with E-state index in [4.69, 9.17) is 5.73 Å². The maximum atomic E-state index is 12.4. The number of hydrogen-bond donors (Lipinski definition) is 3. The lowest BCUT2D eigenvalue weighted by Crippen LogP contribution is -2.48. The fraction of sp³-hybridized carbons (Fsp3) is 0.727. The second-order valence-electron chi connectivity index (χ2n) is 8.86. The van der Waals surface area contributed by atoms with E-state index in [2.05, 4.69) is 20.8 Å². The van der Waals surface area contributed by atoms with Crippen LogP contribution in [0, 0.1) is 5.92 Å². The molecule has 1 heterocycles. The molecule has 7 nitrogen and oxygen atoms in total. The number of aromatic nitrogens is 1. The van der Waals surface area contributed by atoms with E-state index in [1.165, 1.54) is 9.47 Å². The fourth-order valence-electron chi connectivity index (χ4n) is 3.77. The number of rotatable bonds is 13. The number of carbonyl (C=O) groups excluding carboxylic acids is 2. The first-order valence-corrected chi connectivity index (χ1v) is 11.6. The predicted octanol–water partition coefficient (Wildman–Crippen LogP) is 4.10. The molecule has 2 amide bonds. The van der Waals surface area contributed by atoms with E-state index in [1.54, 1.807) is 24.9 Å². The molecule has 0 aliphatic carbocycles. The quantitative estimate of drug-likeness (QED) is 0.315. The zero-order valence-corrected chi connectivity index (χ0v) is 20.1. The Hall–Kier alpha value is -1.83. The molecule has 1 aromatic heterocycles. The maximum absolute atomic E-state index is 12.4. The highest BCUT2D eigenvalue weighted by atomic mass is 32.2. The van der Waals surface area contributed by atoms with E-state index in [9.17, 15) is 19.8 Å². The highest BCUT2D eigenvalue weighted by Gasteiger charge is 2.27. The normalized spacial score (nSPS) is 12.9. The van der Waals surface area contributed by atoms with Gasteiger partial charge in [-0.2, -0.15) is 0 Å². The monoisotopic (exact) mass is 441 g/mol. The van der Waals surface area contributed by atoms with Gasteiger partial charge in [0.1, 0.15) is 6.04 Å². The summed E-state index contributed by atoms with van der Waals surface area (Å²) in [6.07, 6.45) is 4.56. The van der Waals surface area contributed by atoms with Crippen LogP contribution in [0.1, 0.15) is 73.1 Å². The van der Waals surface area contributed by atoms with Crippen molar-refractivity contribution in [2.24, 2.45) is 11.7 Å². The van der Waals surface area contributed by atoms with E-state index in [1.807, 2.05) is 13.8 Å². The lowest BCUT2D eigenvalue weighted by atomic mass is 10.0. The molecule has 172 valence electrons. The molecule has 1 unspecified atom stereocenters. The van der Waals surface area contributed by atoms with Gasteiger partial charge in [0.2, 0.25) is 17.7 Å². The van der Waals surface area contributed by atoms with Gasteiger partial charge < -0.3 is 20.8 Å². The van der Waals surface area contributed by atoms with Crippen molar-refractivity contribution in [3.05, 3.63) is 6.07 Å². The van der Waals surface area contributed by atoms with Gasteiger partial charge in [-0.15, -0.1) is 11.8 Å². The van der Waals surface area contributed by atoms with Crippen molar-refractivity contribution in [2.45, 2.75) is 95.4 Å². The number of nitrogens with two attached hydrogens (primary N) is 1. The minimum absolute atomic E-state index is 0.0179. The van der Waals surface area contributed by atoms with Gasteiger partial charge in [-0.05, 0) is 25.2 Å². The highest BCUT2D eigenvalue weighted by molar-refractivity contribution is 8.00. The Morgan fingerprint density at radius 2 is 1.87 bits per heavy atom. The Morgan fingerprint density at radius 3 is 2.40 bits per heavy atom. The van der Waals surface area contributed by atoms with Crippen LogP contribution in [0.2, 0.25) is 0 Å². The Morgan fingerprint density at radius 1 is 1.23 bits per heavy atom. The summed E-state index contributed by atoms with van der Waals surface area (Å²) < 4.78 is 1.50. The topological polar surface area (TPSA) is 109 Å². The number of amides is 2. The van der Waals surface area contributed by atoms with Gasteiger partial charge in [0.15, 0.2) is 5.88 Å². The summed E-state index contributed by atoms with van der Waals surface area (Å²) in [5.74, 6) is -0.477. The molecule has 0 spiro atoms. The molecule has 4 N–H and O–H groups in total. The number of hydrogen-bond acceptors (Lipinski definition) is 5. The molecule has 0 aliphatic rings. The molecular formula is C22H39N3O4S. The van der Waals surface area contributed by atoms with Crippen LogP contribution in [-0.2, 0) is 16.1 Å². The molecular weight excluding hydrogens is 402 g/mol. The first kappa shape index (κ1) is 26.2. The van der Waals surface area contributed by atoms with Gasteiger partial charge in [-0.1, -0.05) is 47.5 Å². The molecule has 1 aromatic rings. The fourth-order valence-corrected chi connectivity index (χ4v) is 5.04. The summed E-state index contributed by atoms with van der Waals surface area (Å²) in [6.45, 7) is 10.6. The second kappa shape index (κ2) is 11.5. The number of likely N-dealkylation sites (N-methyl/N-ethyl adjacent to an activating group) is 1. The number of primary amides is 1. The lowest BCUT2D eigenvalue weighted by molar-refractivity contribution is -0.139. The van der Waals surface area contributed by atoms with Crippen LogP contribution < -0.4 is 5.73 Å². The van der Waals surface area contributed by atoms with Crippen LogP contribution in [0.3, 0.4) is 0 Å². The SMILES string of the molecule is CCCC(C)(C)Sc1cc(O)n(CCCCCC(=O)N(C)C(C(N)=O)C(C)C)c1O. The highest BCUT2D eigenvalue weighted by Crippen LogP contribution is 2.43. The Kier molecular flexibility index (Phi) is 10.1. The molecule has 30 heavy (non-hydrogen) atoms. The third kappa shape index (κ3) is 7.45. The van der Waals surface area contributed by atoms with Gasteiger partial charge in [0.05, 0.1) is 4.90 Å². The molecule has 0 saturated carbocycles. The molecule has 1 atom stereocenters. The average molecular weight is 442 g/mol. The van der Waals surface area contributed by atoms with Crippen LogP contribution in [0.25, 0.3) is 0 Å². The van der Waals surface area contributed by atoms with Crippen LogP contribution in [0.5, 0.6) is 11.8 Å². The van der Waals surface area contributed by atoms with Crippen LogP contribution >= 0.6 is 11.8 Å². The van der Waals surface area contributed by atoms with E-state index in [0.717, 1.165) is 25.7 Å². The number of nitrogens with zero attached hydrogens (tertiary/aromatic N) is 2. The average Bonchev–Trinajstić information content (AvgIpc) is 2.86. The first-order chi connectivity index (χ1) is 13.9. The minimum Gasteiger partial charge on any atom is -0.494 e. The number of unbranched alkanes of at least 4 members (excludes halogenated alkanes) is 2. The van der Waals surface area contributed by atoms with E-state index < -0.39 is 11.9 Å². The second-order valence-corrected chi connectivity index (χ2v) is 10.6. The lowest BCUT2D eigenvalue weighted by Gasteiger charge is -2.28. The predicted molar refractivity (Wildman–Crippen MR) is 122 cm³/mol. The van der Waals surface area contributed by atoms with Crippen LogP contribution in [0.4, 0.5) is 0 Å². The van der Waals surface area contributed by atoms with Crippen LogP contribution in [0.15, 0.2) is 11.0 Å². The zero-order valence-electron chi connectivity index (χ0n) is 19.3. The molecule has 8 heteroatoms. The Balaban J connectivity index is 2.53. The largest absolute Gasteiger partial charge is 0.494 e. The Labute approximate surface area is 185 Å². The van der Waals surface area contributed by atoms with E-state index >= 15 is 0 Å². The smallest absolute Gasteiger partial charge is 0.240 e. The maximum Gasteiger partial charge on any atom is 0.240 e. The minimum atomic E-state index is -0.598. The standard InChI is InChI=1S/C22H39N3O4S/c1-7-12-22(4,5)30-16-14-18(27)25(21(16)29)13-10-8-9-11-17(26)24(6)19(15(2)3)20(23)28/h14-15,19,27,29H,7-13H2,1-6H3,(H2,23,28). The van der Waals surface area contributed by atoms with Crippen molar-refractivity contribution >= 4 is 23.6 Å². The van der Waals surface area contributed by atoms with Crippen molar-refractivity contribution in [1.29, 1.82) is 0 Å². The summed E-state index contributed by atoms with van der Waals surface area (Å²) >= 11 is 1.57. The number of thioether (sulfide) groups is 1. The summed E-state index contributed by atoms with van der Waals surface area (Å²) in [4.78, 5) is 26.1. The van der Waals surface area contributed by atoms with Crippen LogP contribution in [-0.4, -0.2) is 49.3 Å². The summed E-state index contributed by atoms with van der Waals surface area (Å²) in [5, 5.41) is 20.7. The molecule has 0 bridgehead atoms. The van der Waals surface area contributed by atoms with Gasteiger partial charge >= 0.3 is 0 Å². The van der Waals surface area contributed by atoms with Crippen molar-refractivity contribution in [1.82, 2.24) is 9.47 Å². The summed E-state index contributed by atoms with van der Waals surface area (Å²) in [7, 11) is 1.62. The molecule has 0 fully saturated rings. The third-order valence-corrected chi connectivity index (χ3v) is 6.53. The van der Waals surface area contributed by atoms with E-state index in [-0.39, 0.29) is 28.3 Å². The van der Waals surface area contributed by atoms with Gasteiger partial charge in [-0.25, -0.2) is 0 Å². The van der Waals surface area contributed by atoms with Crippen molar-refractivity contribution in [3.63, 3.8) is 0 Å². The van der Waals surface area contributed by atoms with Gasteiger partial charge in [0.25, 0.3) is 0 Å². The van der Waals surface area contributed by atoms with Crippen molar-refractivity contribution in [2.75, 3.05) is 7.05 Å². The van der Waals surface area contributed by atoms with Crippen molar-refractivity contribution < 1.29 is 19.8 Å². The third-order valence-electron chi connectivity index (χ3n) is 5.26. The van der Waals surface area contributed by atoms with Gasteiger partial charge in [-0.3, -0.25) is 14.2 Å².